The van der Waals surface area contributed by atoms with Crippen LogP contribution in [0.1, 0.15) is 17.0 Å². The van der Waals surface area contributed by atoms with Crippen LogP contribution in [0.15, 0.2) is 86.7 Å². The first-order valence-corrected chi connectivity index (χ1v) is 8.16. The monoisotopic (exact) mass is 348 g/mol. The van der Waals surface area contributed by atoms with Crippen molar-refractivity contribution < 1.29 is 0 Å². The van der Waals surface area contributed by atoms with Crippen LogP contribution in [-0.2, 0) is 0 Å². The number of H-pyrrole nitrogens is 1. The lowest BCUT2D eigenvalue weighted by Gasteiger charge is -1.92. The highest BCUT2D eigenvalue weighted by Gasteiger charge is 2.09. The molecule has 1 aromatic heterocycles. The summed E-state index contributed by atoms with van der Waals surface area (Å²) in [6, 6.07) is 5.59. The Kier molecular flexibility index (Phi) is 4.14. The molecule has 0 saturated carbocycles. The van der Waals surface area contributed by atoms with Crippen LogP contribution in [0.4, 0.5) is 0 Å². The molecule has 0 spiro atoms. The molecule has 6 heteroatoms. The van der Waals surface area contributed by atoms with Crippen LogP contribution < -0.4 is 0 Å². The van der Waals surface area contributed by atoms with Gasteiger partial charge in [0, 0.05) is 11.9 Å². The summed E-state index contributed by atoms with van der Waals surface area (Å²) in [7, 11) is 0. The summed E-state index contributed by atoms with van der Waals surface area (Å²) >= 11 is 0. The van der Waals surface area contributed by atoms with Gasteiger partial charge in [-0.2, -0.15) is 10.5 Å². The van der Waals surface area contributed by atoms with Gasteiger partial charge in [-0.25, -0.2) is 9.98 Å². The highest BCUT2D eigenvalue weighted by Crippen LogP contribution is 2.19. The van der Waals surface area contributed by atoms with Crippen molar-refractivity contribution in [1.29, 1.82) is 10.5 Å². The molecule has 126 valence electrons. The van der Waals surface area contributed by atoms with Gasteiger partial charge in [0.2, 0.25) is 0 Å². The minimum absolute atomic E-state index is 0.256. The summed E-state index contributed by atoms with van der Waals surface area (Å²) in [4.78, 5) is 16.2. The Morgan fingerprint density at radius 1 is 0.815 bits per heavy atom. The van der Waals surface area contributed by atoms with Crippen LogP contribution in [0.3, 0.4) is 0 Å². The van der Waals surface area contributed by atoms with E-state index >= 15 is 0 Å². The van der Waals surface area contributed by atoms with E-state index in [0.717, 1.165) is 28.5 Å². The summed E-state index contributed by atoms with van der Waals surface area (Å²) in [5, 5.41) is 18.0. The van der Waals surface area contributed by atoms with Crippen LogP contribution in [-0.4, -0.2) is 22.6 Å². The first kappa shape index (κ1) is 16.2. The van der Waals surface area contributed by atoms with Gasteiger partial charge in [0.15, 0.2) is 0 Å². The minimum Gasteiger partial charge on any atom is -0.346 e. The quantitative estimate of drug-likeness (QED) is 0.903. The van der Waals surface area contributed by atoms with Gasteiger partial charge < -0.3 is 4.98 Å². The molecule has 27 heavy (non-hydrogen) atoms. The van der Waals surface area contributed by atoms with Crippen molar-refractivity contribution in [1.82, 2.24) is 4.98 Å². The van der Waals surface area contributed by atoms with Crippen LogP contribution in [0.2, 0.25) is 0 Å². The summed E-state index contributed by atoms with van der Waals surface area (Å²) in [5.74, 6) is 0. The molecule has 0 fully saturated rings. The van der Waals surface area contributed by atoms with Crippen molar-refractivity contribution in [3.8, 4) is 12.1 Å². The zero-order valence-electron chi connectivity index (χ0n) is 14.1. The van der Waals surface area contributed by atoms with E-state index < -0.39 is 0 Å². The van der Waals surface area contributed by atoms with Gasteiger partial charge in [0.05, 0.1) is 34.1 Å². The van der Waals surface area contributed by atoms with E-state index in [2.05, 4.69) is 20.0 Å². The Balaban J connectivity index is 1.52. The maximum absolute atomic E-state index is 9.01. The normalized spacial score (nSPS) is 21.3. The van der Waals surface area contributed by atoms with Crippen molar-refractivity contribution in [2.45, 2.75) is 0 Å². The molecular weight excluding hydrogens is 336 g/mol. The van der Waals surface area contributed by atoms with Gasteiger partial charge in [-0.3, -0.25) is 4.99 Å². The van der Waals surface area contributed by atoms with Crippen molar-refractivity contribution in [3.63, 3.8) is 0 Å². The van der Waals surface area contributed by atoms with Crippen molar-refractivity contribution in [2.24, 2.45) is 15.0 Å². The smallest absolute Gasteiger partial charge is 0.136 e. The Bertz CT molecular complexity index is 1130. The SMILES string of the molecule is N#Cc1cc(C=C2C=CC(C=C3C=CC(C=C4C=CC=N4)=N3)=N2)[nH]c1C#N. The number of nitrogens with one attached hydrogen (secondary N) is 1. The van der Waals surface area contributed by atoms with Gasteiger partial charge in [0.1, 0.15) is 17.8 Å². The minimum atomic E-state index is 0.256. The zero-order chi connectivity index (χ0) is 18.6. The molecule has 3 aliphatic heterocycles. The molecule has 0 atom stereocenters. The number of nitrogens with zero attached hydrogens (tertiary/aromatic N) is 5. The fraction of sp³-hybridized carbons (Fsp3) is 0. The number of hydrogen-bond donors (Lipinski definition) is 1. The molecule has 0 aromatic carbocycles. The highest BCUT2D eigenvalue weighted by molar-refractivity contribution is 6.11. The Hall–Kier alpha value is -4.29. The average molecular weight is 348 g/mol. The summed E-state index contributed by atoms with van der Waals surface area (Å²) in [6.07, 6.45) is 18.8. The topological polar surface area (TPSA) is 100 Å². The third-order valence-electron chi connectivity index (χ3n) is 3.91. The molecule has 0 aliphatic carbocycles. The van der Waals surface area contributed by atoms with Crippen LogP contribution in [0.25, 0.3) is 6.08 Å². The lowest BCUT2D eigenvalue weighted by molar-refractivity contribution is 1.29. The third-order valence-corrected chi connectivity index (χ3v) is 3.91. The fourth-order valence-electron chi connectivity index (χ4n) is 2.70. The lowest BCUT2D eigenvalue weighted by Crippen LogP contribution is -1.86. The predicted molar refractivity (Wildman–Crippen MR) is 105 cm³/mol. The molecule has 3 aliphatic rings. The number of hydrogen-bond acceptors (Lipinski definition) is 5. The van der Waals surface area contributed by atoms with Crippen molar-refractivity contribution in [2.75, 3.05) is 0 Å². The number of aromatic nitrogens is 1. The molecule has 6 nitrogen and oxygen atoms in total. The molecule has 1 N–H and O–H groups in total. The first-order chi connectivity index (χ1) is 13.2. The maximum Gasteiger partial charge on any atom is 0.136 e. The fourth-order valence-corrected chi connectivity index (χ4v) is 2.70. The van der Waals surface area contributed by atoms with Crippen LogP contribution in [0, 0.1) is 22.7 Å². The number of allylic oxidation sites excluding steroid dienone is 8. The number of aliphatic imine (C=N–C) groups is 3. The van der Waals surface area contributed by atoms with E-state index in [1.54, 1.807) is 18.4 Å². The molecular formula is C21H12N6. The van der Waals surface area contributed by atoms with E-state index in [1.807, 2.05) is 60.7 Å². The van der Waals surface area contributed by atoms with Crippen molar-refractivity contribution >= 4 is 23.7 Å². The standard InChI is InChI=1S/C21H12N6/c22-12-14-8-20(27-21(14)13-23)11-19-6-5-18(26-19)10-17-4-3-16(25-17)9-15-2-1-7-24-15/h1-11,27H. The second-order valence-corrected chi connectivity index (χ2v) is 5.82. The van der Waals surface area contributed by atoms with Gasteiger partial charge in [-0.15, -0.1) is 0 Å². The lowest BCUT2D eigenvalue weighted by atomic mass is 10.2. The van der Waals surface area contributed by atoms with Crippen molar-refractivity contribution in [3.05, 3.63) is 88.7 Å². The molecule has 0 saturated heterocycles. The zero-order valence-corrected chi connectivity index (χ0v) is 14.1. The molecule has 4 rings (SSSR count). The van der Waals surface area contributed by atoms with E-state index in [1.165, 1.54) is 0 Å². The summed E-state index contributed by atoms with van der Waals surface area (Å²) < 4.78 is 0. The van der Waals surface area contributed by atoms with E-state index in [-0.39, 0.29) is 5.69 Å². The first-order valence-electron chi connectivity index (χ1n) is 8.16. The Labute approximate surface area is 155 Å². The van der Waals surface area contributed by atoms with Gasteiger partial charge >= 0.3 is 0 Å². The molecule has 1 aromatic rings. The molecule has 0 bridgehead atoms. The second kappa shape index (κ2) is 6.91. The number of nitriles is 2. The number of aromatic amines is 1. The highest BCUT2D eigenvalue weighted by atomic mass is 14.8. The molecule has 0 radical (unpaired) electrons. The van der Waals surface area contributed by atoms with E-state index in [9.17, 15) is 0 Å². The molecule has 0 unspecified atom stereocenters. The third kappa shape index (κ3) is 3.55. The van der Waals surface area contributed by atoms with Gasteiger partial charge in [-0.1, -0.05) is 0 Å². The van der Waals surface area contributed by atoms with Gasteiger partial charge in [-0.05, 0) is 60.8 Å². The predicted octanol–water partition coefficient (Wildman–Crippen LogP) is 3.53. The van der Waals surface area contributed by atoms with Crippen LogP contribution >= 0.6 is 0 Å². The Morgan fingerprint density at radius 2 is 1.52 bits per heavy atom. The maximum atomic E-state index is 9.01. The second-order valence-electron chi connectivity index (χ2n) is 5.82. The van der Waals surface area contributed by atoms with E-state index in [0.29, 0.717) is 11.3 Å². The average Bonchev–Trinajstić information content (AvgIpc) is 3.45. The number of rotatable bonds is 3. The summed E-state index contributed by atoms with van der Waals surface area (Å²) in [5.41, 5.74) is 5.30. The Morgan fingerprint density at radius 3 is 2.11 bits per heavy atom. The molecule has 4 heterocycles. The van der Waals surface area contributed by atoms with Gasteiger partial charge in [0.25, 0.3) is 0 Å². The molecule has 0 amide bonds. The van der Waals surface area contributed by atoms with Crippen LogP contribution in [0.5, 0.6) is 0 Å². The largest absolute Gasteiger partial charge is 0.346 e. The summed E-state index contributed by atoms with van der Waals surface area (Å²) in [6.45, 7) is 0. The van der Waals surface area contributed by atoms with E-state index in [4.69, 9.17) is 10.5 Å².